The summed E-state index contributed by atoms with van der Waals surface area (Å²) in [5.74, 6) is -7.58. The summed E-state index contributed by atoms with van der Waals surface area (Å²) in [7, 11) is 0. The molecule has 2 aromatic rings. The topological polar surface area (TPSA) is 377 Å². The monoisotopic (exact) mass is 941 g/mol. The third-order valence-electron chi connectivity index (χ3n) is 11.5. The van der Waals surface area contributed by atoms with E-state index in [9.17, 15) is 69.0 Å². The van der Waals surface area contributed by atoms with Crippen LogP contribution in [-0.4, -0.2) is 175 Å². The predicted octanol–water partition coefficient (Wildman–Crippen LogP) is -3.81. The highest BCUT2D eigenvalue weighted by Gasteiger charge is 2.44. The van der Waals surface area contributed by atoms with Gasteiger partial charge in [0.05, 0.1) is 24.9 Å². The number of rotatable bonds is 23. The van der Waals surface area contributed by atoms with Crippen LogP contribution in [0.2, 0.25) is 0 Å². The average molecular weight is 942 g/mol. The minimum absolute atomic E-state index is 0.0671. The van der Waals surface area contributed by atoms with Crippen LogP contribution >= 0.6 is 0 Å². The summed E-state index contributed by atoms with van der Waals surface area (Å²) < 4.78 is 0. The number of phenols is 2. The minimum atomic E-state index is -1.74. The smallest absolute Gasteiger partial charge is 0.326 e. The molecule has 0 radical (unpaired) electrons. The van der Waals surface area contributed by atoms with Crippen LogP contribution in [0.15, 0.2) is 48.5 Å². The van der Waals surface area contributed by atoms with Crippen molar-refractivity contribution in [2.45, 2.75) is 126 Å². The first-order chi connectivity index (χ1) is 31.7. The molecule has 2 aromatic carbocycles. The molecule has 368 valence electrons. The number of aliphatic hydroxyl groups is 3. The van der Waals surface area contributed by atoms with E-state index >= 15 is 0 Å². The molecule has 0 saturated carbocycles. The molecule has 2 saturated heterocycles. The van der Waals surface area contributed by atoms with Crippen molar-refractivity contribution in [3.05, 3.63) is 59.7 Å². The van der Waals surface area contributed by atoms with Gasteiger partial charge in [-0.3, -0.25) is 33.6 Å². The molecule has 2 aliphatic rings. The van der Waals surface area contributed by atoms with E-state index in [2.05, 4.69) is 26.6 Å². The molecule has 0 aliphatic carbocycles. The van der Waals surface area contributed by atoms with Gasteiger partial charge in [-0.15, -0.1) is 0 Å². The maximum Gasteiger partial charge on any atom is 0.326 e. The second-order valence-electron chi connectivity index (χ2n) is 16.9. The molecule has 0 unspecified atom stereocenters. The molecule has 23 heteroatoms. The number of aliphatic hydroxyl groups excluding tert-OH is 3. The first-order valence-corrected chi connectivity index (χ1v) is 22.1. The molecule has 2 fully saturated rings. The summed E-state index contributed by atoms with van der Waals surface area (Å²) in [6, 6.07) is 0.126. The van der Waals surface area contributed by atoms with Crippen LogP contribution in [0.3, 0.4) is 0 Å². The van der Waals surface area contributed by atoms with E-state index in [0.29, 0.717) is 36.9 Å². The molecule has 2 aliphatic heterocycles. The molecular formula is C44H63N9O14. The summed E-state index contributed by atoms with van der Waals surface area (Å²) >= 11 is 0. The Hall–Kier alpha value is -6.40. The molecule has 4 rings (SSSR count). The van der Waals surface area contributed by atoms with Gasteiger partial charge in [-0.05, 0) is 87.9 Å². The van der Waals surface area contributed by atoms with Crippen LogP contribution in [0, 0.1) is 0 Å². The number of hydrogen-bond acceptors (Lipinski definition) is 15. The third-order valence-corrected chi connectivity index (χ3v) is 11.5. The lowest BCUT2D eigenvalue weighted by Gasteiger charge is -2.31. The Morgan fingerprint density at radius 2 is 1.24 bits per heavy atom. The molecule has 0 aromatic heterocycles. The molecule has 0 bridgehead atoms. The number of carbonyl (C=O) groups is 8. The maximum absolute atomic E-state index is 14.4. The Bertz CT molecular complexity index is 2060. The van der Waals surface area contributed by atoms with Crippen LogP contribution in [0.25, 0.3) is 0 Å². The van der Waals surface area contributed by atoms with Crippen molar-refractivity contribution in [3.63, 3.8) is 0 Å². The highest BCUT2D eigenvalue weighted by Crippen LogP contribution is 2.23. The van der Waals surface area contributed by atoms with Gasteiger partial charge >= 0.3 is 5.97 Å². The first-order valence-electron chi connectivity index (χ1n) is 22.1. The van der Waals surface area contributed by atoms with Crippen molar-refractivity contribution in [1.29, 1.82) is 0 Å². The largest absolute Gasteiger partial charge is 0.508 e. The number of amides is 7. The van der Waals surface area contributed by atoms with Crippen LogP contribution in [0.4, 0.5) is 0 Å². The van der Waals surface area contributed by atoms with Crippen LogP contribution in [0.5, 0.6) is 11.5 Å². The van der Waals surface area contributed by atoms with E-state index in [1.165, 1.54) is 67.3 Å². The fourth-order valence-corrected chi connectivity index (χ4v) is 7.85. The Morgan fingerprint density at radius 1 is 0.701 bits per heavy atom. The fourth-order valence-electron chi connectivity index (χ4n) is 7.85. The molecule has 0 spiro atoms. The zero-order chi connectivity index (χ0) is 49.5. The zero-order valence-corrected chi connectivity index (χ0v) is 37.4. The summed E-state index contributed by atoms with van der Waals surface area (Å²) in [5, 5.41) is 73.2. The predicted molar refractivity (Wildman–Crippen MR) is 237 cm³/mol. The zero-order valence-electron chi connectivity index (χ0n) is 37.4. The van der Waals surface area contributed by atoms with Crippen molar-refractivity contribution in [1.82, 2.24) is 36.4 Å². The van der Waals surface area contributed by atoms with E-state index in [1.54, 1.807) is 0 Å². The van der Waals surface area contributed by atoms with E-state index in [-0.39, 0.29) is 50.1 Å². The van der Waals surface area contributed by atoms with E-state index in [1.807, 2.05) is 0 Å². The quantitative estimate of drug-likeness (QED) is 0.0475. The Labute approximate surface area is 386 Å². The standard InChI is InChI=1S/C44H63N9O14/c1-23(46)37(59)47-30(6-3-4-16-45)42(64)52-17-5-7-34(52)39(61)50-33(22-54)38(60)48-31(18-25-8-12-27(56)13-9-25)43(65)53-21-29(58)20-35(53)40(62)51-36(24(2)55)41(63)49-32(44(66)67)19-26-10-14-28(57)15-11-26/h8-15,23-24,29-36,54-58H,3-7,16-22,45-46H2,1-2H3,(H,47,59)(H,48,60)(H,49,63)(H,50,61)(H,51,62)(H,66,67)/t23-,24+,29+,30-,31-,32-,33-,34-,35-,36-/m0/s1. The van der Waals surface area contributed by atoms with Gasteiger partial charge in [0.1, 0.15) is 53.8 Å². The number of aromatic hydroxyl groups is 2. The van der Waals surface area contributed by atoms with Gasteiger partial charge in [0.15, 0.2) is 0 Å². The minimum Gasteiger partial charge on any atom is -0.508 e. The lowest BCUT2D eigenvalue weighted by molar-refractivity contribution is -0.144. The average Bonchev–Trinajstić information content (AvgIpc) is 3.94. The number of aliphatic carboxylic acids is 1. The number of β-amino-alcohol motifs (C(OH)–C–C–N with tert-alkyl or cyclic N) is 1. The number of benzene rings is 2. The summed E-state index contributed by atoms with van der Waals surface area (Å²) in [4.78, 5) is 110. The number of carbonyl (C=O) groups excluding carboxylic acids is 7. The van der Waals surface area contributed by atoms with Crippen LogP contribution in [0.1, 0.15) is 63.5 Å². The van der Waals surface area contributed by atoms with Crippen molar-refractivity contribution in [2.24, 2.45) is 11.5 Å². The number of carboxylic acids is 1. The van der Waals surface area contributed by atoms with Crippen LogP contribution in [-0.2, 0) is 51.2 Å². The lowest BCUT2D eigenvalue weighted by Crippen LogP contribution is -2.61. The van der Waals surface area contributed by atoms with Gasteiger partial charge < -0.3 is 78.5 Å². The SMILES string of the molecule is C[C@H](N)C(=O)N[C@@H](CCCCN)C(=O)N1CCC[C@H]1C(=O)N[C@@H](CO)C(=O)N[C@@H](Cc1ccc(O)cc1)C(=O)N1C[C@H](O)C[C@H]1C(=O)N[C@H](C(=O)N[C@@H](Cc1ccc(O)cc1)C(=O)O)[C@@H](C)O. The Balaban J connectivity index is 1.52. The number of nitrogens with one attached hydrogen (secondary N) is 5. The lowest BCUT2D eigenvalue weighted by atomic mass is 10.0. The second kappa shape index (κ2) is 24.9. The van der Waals surface area contributed by atoms with E-state index in [4.69, 9.17) is 11.5 Å². The van der Waals surface area contributed by atoms with Gasteiger partial charge in [-0.1, -0.05) is 24.3 Å². The van der Waals surface area contributed by atoms with E-state index in [0.717, 1.165) is 4.90 Å². The molecule has 10 atom stereocenters. The maximum atomic E-state index is 14.4. The number of phenolic OH excluding ortho intramolecular Hbond substituents is 2. The molecule has 7 amide bonds. The van der Waals surface area contributed by atoms with Crippen molar-refractivity contribution in [2.75, 3.05) is 26.2 Å². The van der Waals surface area contributed by atoms with Gasteiger partial charge in [0, 0.05) is 32.4 Å². The normalized spacial score (nSPS) is 20.0. The number of unbranched alkanes of at least 4 members (excludes halogenated alkanes) is 1. The summed E-state index contributed by atoms with van der Waals surface area (Å²) in [6.45, 7) is 1.74. The number of nitrogens with zero attached hydrogens (tertiary/aromatic N) is 2. The van der Waals surface area contributed by atoms with Crippen molar-refractivity contribution >= 4 is 47.3 Å². The number of likely N-dealkylation sites (tertiary alicyclic amines) is 2. The van der Waals surface area contributed by atoms with Gasteiger partial charge in [0.2, 0.25) is 41.4 Å². The Morgan fingerprint density at radius 3 is 1.78 bits per heavy atom. The third kappa shape index (κ3) is 15.1. The first kappa shape index (κ1) is 53.2. The molecular weight excluding hydrogens is 879 g/mol. The van der Waals surface area contributed by atoms with Gasteiger partial charge in [-0.2, -0.15) is 0 Å². The Kier molecular flexibility index (Phi) is 19.8. The molecule has 15 N–H and O–H groups in total. The van der Waals surface area contributed by atoms with Crippen LogP contribution < -0.4 is 38.1 Å². The highest BCUT2D eigenvalue weighted by atomic mass is 16.4. The number of nitrogens with two attached hydrogens (primary N) is 2. The van der Waals surface area contributed by atoms with Crippen molar-refractivity contribution in [3.8, 4) is 11.5 Å². The van der Waals surface area contributed by atoms with Crippen molar-refractivity contribution < 1.29 is 69.0 Å². The van der Waals surface area contributed by atoms with Gasteiger partial charge in [-0.25, -0.2) is 4.79 Å². The second-order valence-corrected chi connectivity index (χ2v) is 16.9. The van der Waals surface area contributed by atoms with Gasteiger partial charge in [0.25, 0.3) is 0 Å². The highest BCUT2D eigenvalue weighted by molar-refractivity contribution is 5.98. The molecule has 67 heavy (non-hydrogen) atoms. The molecule has 2 heterocycles. The fraction of sp³-hybridized carbons (Fsp3) is 0.545. The van der Waals surface area contributed by atoms with E-state index < -0.39 is 121 Å². The summed E-state index contributed by atoms with van der Waals surface area (Å²) in [6.07, 6.45) is -1.83. The number of hydrogen-bond donors (Lipinski definition) is 13. The number of carboxylic acid groups (broad SMARTS) is 1. The summed E-state index contributed by atoms with van der Waals surface area (Å²) in [5.41, 5.74) is 12.2. The molecule has 23 nitrogen and oxygen atoms in total.